The normalized spacial score (nSPS) is 11.5. The van der Waals surface area contributed by atoms with Gasteiger partial charge in [0.1, 0.15) is 18.2 Å². The van der Waals surface area contributed by atoms with Crippen LogP contribution in [0.15, 0.2) is 67.0 Å². The fourth-order valence-corrected chi connectivity index (χ4v) is 3.16. The number of aromatic amines is 1. The van der Waals surface area contributed by atoms with Gasteiger partial charge in [-0.25, -0.2) is 4.98 Å². The van der Waals surface area contributed by atoms with E-state index in [1.54, 1.807) is 24.5 Å². The molecule has 8 heteroatoms. The first-order valence-corrected chi connectivity index (χ1v) is 9.75. The van der Waals surface area contributed by atoms with Crippen molar-refractivity contribution >= 4 is 11.6 Å². The van der Waals surface area contributed by atoms with Crippen molar-refractivity contribution in [3.63, 3.8) is 0 Å². The molecule has 2 heterocycles. The molecule has 0 aliphatic carbocycles. The number of hydrogen-bond acceptors (Lipinski definition) is 3. The number of H-pyrrole nitrogens is 1. The maximum Gasteiger partial charge on any atom is 0.416 e. The van der Waals surface area contributed by atoms with Crippen molar-refractivity contribution in [2.24, 2.45) is 0 Å². The molecule has 2 aromatic heterocycles. The summed E-state index contributed by atoms with van der Waals surface area (Å²) in [6.07, 6.45) is -1.07. The zero-order chi connectivity index (χ0) is 22.0. The molecule has 158 valence electrons. The van der Waals surface area contributed by atoms with Crippen molar-refractivity contribution < 1.29 is 17.9 Å². The summed E-state index contributed by atoms with van der Waals surface area (Å²) in [6.45, 7) is 2.25. The van der Waals surface area contributed by atoms with Crippen molar-refractivity contribution in [1.82, 2.24) is 15.0 Å². The summed E-state index contributed by atoms with van der Waals surface area (Å²) in [5.41, 5.74) is 3.12. The van der Waals surface area contributed by atoms with Crippen LogP contribution in [0.1, 0.15) is 16.8 Å². The lowest BCUT2D eigenvalue weighted by Crippen LogP contribution is -2.04. The van der Waals surface area contributed by atoms with Gasteiger partial charge in [-0.1, -0.05) is 23.7 Å². The number of ether oxygens (including phenoxy) is 1. The smallest absolute Gasteiger partial charge is 0.416 e. The molecule has 2 aromatic carbocycles. The predicted molar refractivity (Wildman–Crippen MR) is 113 cm³/mol. The average molecular weight is 444 g/mol. The van der Waals surface area contributed by atoms with Gasteiger partial charge in [0.25, 0.3) is 0 Å². The standard InChI is InChI=1S/C23H17ClF3N3O/c1-14-10-16(4-9-21(14)31-13-19-8-7-18(24)11-28-19)20-12-29-22(30-20)15-2-5-17(6-3-15)23(25,26)27/h2-12H,13H2,1H3,(H,29,30). The first-order chi connectivity index (χ1) is 14.8. The van der Waals surface area contributed by atoms with Gasteiger partial charge in [0.15, 0.2) is 0 Å². The van der Waals surface area contributed by atoms with Gasteiger partial charge >= 0.3 is 6.18 Å². The Balaban J connectivity index is 1.48. The van der Waals surface area contributed by atoms with E-state index in [2.05, 4.69) is 15.0 Å². The summed E-state index contributed by atoms with van der Waals surface area (Å²) < 4.78 is 44.1. The lowest BCUT2D eigenvalue weighted by molar-refractivity contribution is -0.137. The molecule has 0 saturated heterocycles. The van der Waals surface area contributed by atoms with E-state index in [1.165, 1.54) is 12.1 Å². The molecule has 0 atom stereocenters. The molecule has 4 rings (SSSR count). The van der Waals surface area contributed by atoms with Gasteiger partial charge in [-0.15, -0.1) is 0 Å². The van der Waals surface area contributed by atoms with Gasteiger partial charge in [0.2, 0.25) is 0 Å². The predicted octanol–water partition coefficient (Wildman–Crippen LogP) is 6.70. The molecule has 31 heavy (non-hydrogen) atoms. The molecule has 0 amide bonds. The maximum absolute atomic E-state index is 12.7. The topological polar surface area (TPSA) is 50.8 Å². The van der Waals surface area contributed by atoms with Gasteiger partial charge in [0.05, 0.1) is 22.0 Å². The van der Waals surface area contributed by atoms with Crippen molar-refractivity contribution in [2.75, 3.05) is 0 Å². The summed E-state index contributed by atoms with van der Waals surface area (Å²) >= 11 is 5.84. The van der Waals surface area contributed by atoms with Crippen molar-refractivity contribution in [2.45, 2.75) is 19.7 Å². The summed E-state index contributed by atoms with van der Waals surface area (Å²) in [7, 11) is 0. The van der Waals surface area contributed by atoms with Crippen LogP contribution in [0.25, 0.3) is 22.6 Å². The minimum Gasteiger partial charge on any atom is -0.487 e. The van der Waals surface area contributed by atoms with E-state index < -0.39 is 11.7 Å². The molecular formula is C23H17ClF3N3O. The molecule has 0 unspecified atom stereocenters. The molecule has 1 N–H and O–H groups in total. The minimum absolute atomic E-state index is 0.317. The van der Waals surface area contributed by atoms with E-state index in [4.69, 9.17) is 16.3 Å². The van der Waals surface area contributed by atoms with Gasteiger partial charge < -0.3 is 9.72 Å². The lowest BCUT2D eigenvalue weighted by Gasteiger charge is -2.10. The molecule has 0 fully saturated rings. The van der Waals surface area contributed by atoms with Crippen LogP contribution in [0.2, 0.25) is 5.02 Å². The first kappa shape index (κ1) is 20.9. The van der Waals surface area contributed by atoms with Gasteiger partial charge in [-0.3, -0.25) is 4.98 Å². The Morgan fingerprint density at radius 2 is 1.74 bits per heavy atom. The number of hydrogen-bond donors (Lipinski definition) is 1. The van der Waals surface area contributed by atoms with Crippen molar-refractivity contribution in [1.29, 1.82) is 0 Å². The van der Waals surface area contributed by atoms with Crippen LogP contribution >= 0.6 is 11.6 Å². The highest BCUT2D eigenvalue weighted by atomic mass is 35.5. The fourth-order valence-electron chi connectivity index (χ4n) is 3.05. The monoisotopic (exact) mass is 443 g/mol. The van der Waals surface area contributed by atoms with Gasteiger partial charge in [0, 0.05) is 23.5 Å². The number of nitrogens with one attached hydrogen (secondary N) is 1. The summed E-state index contributed by atoms with van der Waals surface area (Å²) in [4.78, 5) is 11.7. The Bertz CT molecular complexity index is 1190. The van der Waals surface area contributed by atoms with Gasteiger partial charge in [-0.05, 0) is 55.0 Å². The zero-order valence-electron chi connectivity index (χ0n) is 16.4. The molecule has 0 spiro atoms. The molecule has 0 bridgehead atoms. The van der Waals surface area contributed by atoms with E-state index in [0.717, 1.165) is 34.7 Å². The van der Waals surface area contributed by atoms with Crippen molar-refractivity contribution in [3.8, 4) is 28.4 Å². The number of imidazole rings is 1. The van der Waals surface area contributed by atoms with Crippen LogP contribution in [-0.4, -0.2) is 15.0 Å². The second-order valence-corrected chi connectivity index (χ2v) is 7.38. The summed E-state index contributed by atoms with van der Waals surface area (Å²) in [6, 6.07) is 14.1. The zero-order valence-corrected chi connectivity index (χ0v) is 17.1. The van der Waals surface area contributed by atoms with Gasteiger partial charge in [-0.2, -0.15) is 13.2 Å². The lowest BCUT2D eigenvalue weighted by atomic mass is 10.1. The number of pyridine rings is 1. The van der Waals surface area contributed by atoms with Crippen LogP contribution in [0.4, 0.5) is 13.2 Å². The van der Waals surface area contributed by atoms with Crippen molar-refractivity contribution in [3.05, 3.63) is 88.8 Å². The van der Waals surface area contributed by atoms with E-state index in [0.29, 0.717) is 28.7 Å². The highest BCUT2D eigenvalue weighted by Gasteiger charge is 2.30. The van der Waals surface area contributed by atoms with E-state index in [1.807, 2.05) is 25.1 Å². The number of rotatable bonds is 5. The third-order valence-corrected chi connectivity index (χ3v) is 4.92. The van der Waals surface area contributed by atoms with E-state index in [9.17, 15) is 13.2 Å². The van der Waals surface area contributed by atoms with Crippen LogP contribution in [-0.2, 0) is 12.8 Å². The molecule has 0 aliphatic rings. The van der Waals surface area contributed by atoms with E-state index >= 15 is 0 Å². The number of aromatic nitrogens is 3. The average Bonchev–Trinajstić information content (AvgIpc) is 3.24. The molecule has 0 radical (unpaired) electrons. The van der Waals surface area contributed by atoms with Crippen LogP contribution in [0.5, 0.6) is 5.75 Å². The Kier molecular flexibility index (Phi) is 5.69. The molecule has 0 saturated carbocycles. The third-order valence-electron chi connectivity index (χ3n) is 4.70. The highest BCUT2D eigenvalue weighted by molar-refractivity contribution is 6.30. The second-order valence-electron chi connectivity index (χ2n) is 6.95. The Morgan fingerprint density at radius 1 is 1.00 bits per heavy atom. The van der Waals surface area contributed by atoms with E-state index in [-0.39, 0.29) is 0 Å². The van der Waals surface area contributed by atoms with Crippen LogP contribution in [0, 0.1) is 6.92 Å². The summed E-state index contributed by atoms with van der Waals surface area (Å²) in [5.74, 6) is 1.22. The largest absolute Gasteiger partial charge is 0.487 e. The number of halogens is 4. The Morgan fingerprint density at radius 3 is 2.39 bits per heavy atom. The van der Waals surface area contributed by atoms with Crippen LogP contribution in [0.3, 0.4) is 0 Å². The highest BCUT2D eigenvalue weighted by Crippen LogP contribution is 2.31. The Hall–Kier alpha value is -3.32. The maximum atomic E-state index is 12.7. The summed E-state index contributed by atoms with van der Waals surface area (Å²) in [5, 5.41) is 0.568. The quantitative estimate of drug-likeness (QED) is 0.373. The number of aryl methyl sites for hydroxylation is 1. The molecule has 0 aliphatic heterocycles. The van der Waals surface area contributed by atoms with Crippen LogP contribution < -0.4 is 4.74 Å². The number of nitrogens with zero attached hydrogens (tertiary/aromatic N) is 2. The number of benzene rings is 2. The third kappa shape index (κ3) is 4.88. The minimum atomic E-state index is -4.36. The Labute approximate surface area is 181 Å². The molecular weight excluding hydrogens is 427 g/mol. The fraction of sp³-hybridized carbons (Fsp3) is 0.130. The first-order valence-electron chi connectivity index (χ1n) is 9.37. The SMILES string of the molecule is Cc1cc(-c2c[nH]c(-c3ccc(C(F)(F)F)cc3)n2)ccc1OCc1ccc(Cl)cn1. The molecule has 4 nitrogen and oxygen atoms in total. The molecule has 4 aromatic rings. The second kappa shape index (κ2) is 8.43. The number of alkyl halides is 3.